The van der Waals surface area contributed by atoms with Crippen LogP contribution in [-0.4, -0.2) is 50.0 Å². The summed E-state index contributed by atoms with van der Waals surface area (Å²) in [6, 6.07) is 4.17. The predicted octanol–water partition coefficient (Wildman–Crippen LogP) is -0.206. The van der Waals surface area contributed by atoms with Gasteiger partial charge in [-0.1, -0.05) is 6.92 Å². The summed E-state index contributed by atoms with van der Waals surface area (Å²) in [7, 11) is 2.15. The highest BCUT2D eigenvalue weighted by Gasteiger charge is 2.41. The second-order valence-corrected chi connectivity index (χ2v) is 5.85. The van der Waals surface area contributed by atoms with Gasteiger partial charge < -0.3 is 25.3 Å². The SMILES string of the molecule is COC(=O)C(C(=O)OC)[C@H](C)[C@H](NC(=O)c1ccc(OC(C)=O)cc1)C(N)=O. The van der Waals surface area contributed by atoms with Gasteiger partial charge in [0.15, 0.2) is 5.92 Å². The molecule has 10 heteroatoms. The molecule has 0 aromatic heterocycles. The molecule has 152 valence electrons. The summed E-state index contributed by atoms with van der Waals surface area (Å²) in [6.45, 7) is 2.62. The van der Waals surface area contributed by atoms with Gasteiger partial charge in [0, 0.05) is 18.4 Å². The number of rotatable bonds is 8. The molecular formula is C18H22N2O8. The first-order valence-corrected chi connectivity index (χ1v) is 8.16. The maximum Gasteiger partial charge on any atom is 0.320 e. The molecular weight excluding hydrogens is 372 g/mol. The van der Waals surface area contributed by atoms with Crippen LogP contribution in [0.3, 0.4) is 0 Å². The zero-order valence-corrected chi connectivity index (χ0v) is 15.9. The number of amides is 2. The summed E-state index contributed by atoms with van der Waals surface area (Å²) in [4.78, 5) is 59.1. The molecule has 0 saturated heterocycles. The minimum absolute atomic E-state index is 0.141. The highest BCUT2D eigenvalue weighted by molar-refractivity contribution is 5.99. The second-order valence-electron chi connectivity index (χ2n) is 5.85. The summed E-state index contributed by atoms with van der Waals surface area (Å²) in [5.41, 5.74) is 5.49. The highest BCUT2D eigenvalue weighted by Crippen LogP contribution is 2.20. The average Bonchev–Trinajstić information content (AvgIpc) is 2.65. The van der Waals surface area contributed by atoms with E-state index in [4.69, 9.17) is 10.5 Å². The Kier molecular flexibility index (Phi) is 8.11. The molecule has 0 aliphatic heterocycles. The van der Waals surface area contributed by atoms with Crippen molar-refractivity contribution in [3.05, 3.63) is 29.8 Å². The van der Waals surface area contributed by atoms with Crippen LogP contribution in [-0.2, 0) is 28.7 Å². The number of methoxy groups -OCH3 is 2. The Morgan fingerprint density at radius 2 is 1.46 bits per heavy atom. The van der Waals surface area contributed by atoms with Crippen molar-refractivity contribution in [2.45, 2.75) is 19.9 Å². The van der Waals surface area contributed by atoms with E-state index in [1.54, 1.807) is 0 Å². The van der Waals surface area contributed by atoms with Crippen molar-refractivity contribution in [2.24, 2.45) is 17.6 Å². The Labute approximate surface area is 161 Å². The molecule has 0 aliphatic rings. The van der Waals surface area contributed by atoms with Crippen LogP contribution in [0.4, 0.5) is 0 Å². The van der Waals surface area contributed by atoms with Gasteiger partial charge in [-0.2, -0.15) is 0 Å². The molecule has 3 N–H and O–H groups in total. The molecule has 1 aromatic carbocycles. The van der Waals surface area contributed by atoms with E-state index in [0.29, 0.717) is 0 Å². The van der Waals surface area contributed by atoms with E-state index in [9.17, 15) is 24.0 Å². The topological polar surface area (TPSA) is 151 Å². The summed E-state index contributed by atoms with van der Waals surface area (Å²) in [5.74, 6) is -6.26. The molecule has 0 heterocycles. The van der Waals surface area contributed by atoms with E-state index in [2.05, 4.69) is 14.8 Å². The summed E-state index contributed by atoms with van der Waals surface area (Å²) >= 11 is 0. The predicted molar refractivity (Wildman–Crippen MR) is 94.9 cm³/mol. The first-order valence-electron chi connectivity index (χ1n) is 8.16. The van der Waals surface area contributed by atoms with Crippen LogP contribution < -0.4 is 15.8 Å². The van der Waals surface area contributed by atoms with Gasteiger partial charge in [0.25, 0.3) is 5.91 Å². The third kappa shape index (κ3) is 5.79. The Morgan fingerprint density at radius 3 is 1.86 bits per heavy atom. The number of nitrogens with one attached hydrogen (secondary N) is 1. The lowest BCUT2D eigenvalue weighted by atomic mass is 9.86. The maximum atomic E-state index is 12.4. The number of benzene rings is 1. The van der Waals surface area contributed by atoms with Crippen molar-refractivity contribution in [1.29, 1.82) is 0 Å². The molecule has 0 unspecified atom stereocenters. The molecule has 1 rings (SSSR count). The first-order chi connectivity index (χ1) is 13.1. The number of primary amides is 1. The number of hydrogen-bond donors (Lipinski definition) is 2. The van der Waals surface area contributed by atoms with Crippen molar-refractivity contribution < 1.29 is 38.2 Å². The molecule has 0 radical (unpaired) electrons. The van der Waals surface area contributed by atoms with Crippen LogP contribution in [0.15, 0.2) is 24.3 Å². The van der Waals surface area contributed by atoms with Gasteiger partial charge in [-0.25, -0.2) is 0 Å². The number of hydrogen-bond acceptors (Lipinski definition) is 8. The van der Waals surface area contributed by atoms with Gasteiger partial charge in [-0.3, -0.25) is 24.0 Å². The van der Waals surface area contributed by atoms with Crippen LogP contribution in [0.25, 0.3) is 0 Å². The summed E-state index contributed by atoms with van der Waals surface area (Å²) < 4.78 is 14.0. The quantitative estimate of drug-likeness (QED) is 0.349. The lowest BCUT2D eigenvalue weighted by Crippen LogP contribution is -2.52. The second kappa shape index (κ2) is 10.0. The minimum atomic E-state index is -1.46. The summed E-state index contributed by atoms with van der Waals surface area (Å²) in [6.07, 6.45) is 0. The number of esters is 3. The van der Waals surface area contributed by atoms with E-state index >= 15 is 0 Å². The zero-order valence-electron chi connectivity index (χ0n) is 15.9. The van der Waals surface area contributed by atoms with Gasteiger partial charge in [0.2, 0.25) is 5.91 Å². The molecule has 0 spiro atoms. The molecule has 2 atom stereocenters. The number of carbonyl (C=O) groups is 5. The average molecular weight is 394 g/mol. The molecule has 0 saturated carbocycles. The van der Waals surface area contributed by atoms with Crippen molar-refractivity contribution in [3.63, 3.8) is 0 Å². The maximum absolute atomic E-state index is 12.4. The molecule has 0 aliphatic carbocycles. The van der Waals surface area contributed by atoms with Gasteiger partial charge in [-0.05, 0) is 24.3 Å². The molecule has 0 bridgehead atoms. The van der Waals surface area contributed by atoms with Crippen LogP contribution in [0.5, 0.6) is 5.75 Å². The van der Waals surface area contributed by atoms with Crippen molar-refractivity contribution in [3.8, 4) is 5.75 Å². The molecule has 28 heavy (non-hydrogen) atoms. The van der Waals surface area contributed by atoms with E-state index in [0.717, 1.165) is 14.2 Å². The number of nitrogens with two attached hydrogens (primary N) is 1. The monoisotopic (exact) mass is 394 g/mol. The third-order valence-electron chi connectivity index (χ3n) is 3.93. The Balaban J connectivity index is 3.03. The Bertz CT molecular complexity index is 743. The minimum Gasteiger partial charge on any atom is -0.468 e. The van der Waals surface area contributed by atoms with E-state index in [1.807, 2.05) is 0 Å². The van der Waals surface area contributed by atoms with Gasteiger partial charge >= 0.3 is 17.9 Å². The Morgan fingerprint density at radius 1 is 0.964 bits per heavy atom. The fraction of sp³-hybridized carbons (Fsp3) is 0.389. The molecule has 10 nitrogen and oxygen atoms in total. The van der Waals surface area contributed by atoms with Gasteiger partial charge in [-0.15, -0.1) is 0 Å². The summed E-state index contributed by atoms with van der Waals surface area (Å²) in [5, 5.41) is 2.39. The van der Waals surface area contributed by atoms with Crippen molar-refractivity contribution >= 4 is 29.7 Å². The zero-order chi connectivity index (χ0) is 21.4. The van der Waals surface area contributed by atoms with E-state index in [1.165, 1.54) is 38.1 Å². The van der Waals surface area contributed by atoms with Crippen LogP contribution in [0.1, 0.15) is 24.2 Å². The van der Waals surface area contributed by atoms with E-state index in [-0.39, 0.29) is 11.3 Å². The number of ether oxygens (including phenoxy) is 3. The van der Waals surface area contributed by atoms with Gasteiger partial charge in [0.1, 0.15) is 11.8 Å². The van der Waals surface area contributed by atoms with Crippen LogP contribution in [0, 0.1) is 11.8 Å². The standard InChI is InChI=1S/C18H22N2O8/c1-9(13(17(24)26-3)18(25)27-4)14(15(19)22)20-16(23)11-5-7-12(8-6-11)28-10(2)21/h5-9,13-14H,1-4H3,(H2,19,22)(H,20,23)/t9-,14-/m0/s1. The third-order valence-corrected chi connectivity index (χ3v) is 3.93. The lowest BCUT2D eigenvalue weighted by molar-refractivity contribution is -0.162. The Hall–Kier alpha value is -3.43. The number of carbonyl (C=O) groups excluding carboxylic acids is 5. The highest BCUT2D eigenvalue weighted by atomic mass is 16.5. The normalized spacial score (nSPS) is 12.5. The van der Waals surface area contributed by atoms with E-state index < -0.39 is 47.6 Å². The molecule has 0 fully saturated rings. The van der Waals surface area contributed by atoms with Crippen LogP contribution >= 0.6 is 0 Å². The van der Waals surface area contributed by atoms with Crippen molar-refractivity contribution in [2.75, 3.05) is 14.2 Å². The molecule has 1 aromatic rings. The first kappa shape index (κ1) is 22.6. The largest absolute Gasteiger partial charge is 0.468 e. The smallest absolute Gasteiger partial charge is 0.320 e. The van der Waals surface area contributed by atoms with Crippen molar-refractivity contribution in [1.82, 2.24) is 5.32 Å². The fourth-order valence-corrected chi connectivity index (χ4v) is 2.50. The fourth-order valence-electron chi connectivity index (χ4n) is 2.50. The van der Waals surface area contributed by atoms with Gasteiger partial charge in [0.05, 0.1) is 14.2 Å². The van der Waals surface area contributed by atoms with Crippen LogP contribution in [0.2, 0.25) is 0 Å². The lowest BCUT2D eigenvalue weighted by Gasteiger charge is -2.26. The molecule has 2 amide bonds.